The van der Waals surface area contributed by atoms with Crippen LogP contribution in [0.15, 0.2) is 30.3 Å². The molecule has 1 aromatic heterocycles. The van der Waals surface area contributed by atoms with E-state index >= 15 is 0 Å². The second kappa shape index (κ2) is 12.5. The minimum absolute atomic E-state index is 0.120. The Morgan fingerprint density at radius 1 is 1.12 bits per heavy atom. The zero-order valence-corrected chi connectivity index (χ0v) is 20.4. The summed E-state index contributed by atoms with van der Waals surface area (Å²) in [5.41, 5.74) is 1.19. The highest BCUT2D eigenvalue weighted by Gasteiger charge is 2.25. The van der Waals surface area contributed by atoms with Crippen molar-refractivity contribution < 1.29 is 8.42 Å². The van der Waals surface area contributed by atoms with Crippen LogP contribution in [-0.2, 0) is 16.4 Å². The standard InChI is InChI=1S/C24H39N5O2S/c1-3-29(4-2)18-11-19-32(30,31)28-22(17-16-20-12-7-5-8-13-20)24-25-23(26-27-24)21-14-9-6-10-15-21/h5,7-8,12-13,21-22,28H,3-4,6,9-11,14-19H2,1-2H3,(H,25,26,27)/t22-/m1/s1. The number of aryl methyl sites for hydroxylation is 1. The Hall–Kier alpha value is -1.77. The van der Waals surface area contributed by atoms with Gasteiger partial charge in [0, 0.05) is 5.92 Å². The van der Waals surface area contributed by atoms with E-state index in [9.17, 15) is 8.42 Å². The van der Waals surface area contributed by atoms with Crippen LogP contribution in [0.2, 0.25) is 0 Å². The van der Waals surface area contributed by atoms with Gasteiger partial charge in [0.2, 0.25) is 10.0 Å². The zero-order valence-electron chi connectivity index (χ0n) is 19.6. The SMILES string of the molecule is CCN(CC)CCCS(=O)(=O)N[C@H](CCc1ccccc1)c1nc(C2CCCCC2)n[nH]1. The van der Waals surface area contributed by atoms with Crippen LogP contribution in [0.1, 0.15) is 88.0 Å². The normalized spacial score (nSPS) is 16.5. The van der Waals surface area contributed by atoms with Gasteiger partial charge in [-0.3, -0.25) is 5.10 Å². The van der Waals surface area contributed by atoms with Crippen molar-refractivity contribution in [2.75, 3.05) is 25.4 Å². The zero-order chi connectivity index (χ0) is 22.8. The van der Waals surface area contributed by atoms with Gasteiger partial charge in [-0.2, -0.15) is 5.10 Å². The molecule has 1 aliphatic rings. The third-order valence-corrected chi connectivity index (χ3v) is 7.96. The molecule has 8 heteroatoms. The molecule has 0 saturated heterocycles. The minimum Gasteiger partial charge on any atom is -0.304 e. The molecule has 0 aliphatic heterocycles. The lowest BCUT2D eigenvalue weighted by Crippen LogP contribution is -2.33. The minimum atomic E-state index is -3.43. The van der Waals surface area contributed by atoms with Crippen LogP contribution in [-0.4, -0.2) is 53.9 Å². The molecule has 7 nitrogen and oxygen atoms in total. The largest absolute Gasteiger partial charge is 0.304 e. The molecule has 0 radical (unpaired) electrons. The Bertz CT molecular complexity index is 890. The van der Waals surface area contributed by atoms with Crippen LogP contribution in [0.3, 0.4) is 0 Å². The molecule has 1 atom stereocenters. The monoisotopic (exact) mass is 461 g/mol. The summed E-state index contributed by atoms with van der Waals surface area (Å²) in [5.74, 6) is 1.97. The number of nitrogens with zero attached hydrogens (tertiary/aromatic N) is 3. The quantitative estimate of drug-likeness (QED) is 0.467. The van der Waals surface area contributed by atoms with Crippen molar-refractivity contribution in [1.29, 1.82) is 0 Å². The Morgan fingerprint density at radius 3 is 2.53 bits per heavy atom. The molecule has 1 aromatic carbocycles. The highest BCUT2D eigenvalue weighted by atomic mass is 32.2. The van der Waals surface area contributed by atoms with Crippen molar-refractivity contribution in [2.45, 2.75) is 77.2 Å². The maximum atomic E-state index is 12.9. The number of benzene rings is 1. The van der Waals surface area contributed by atoms with Gasteiger partial charge in [0.1, 0.15) is 5.82 Å². The summed E-state index contributed by atoms with van der Waals surface area (Å²) in [6, 6.07) is 9.76. The van der Waals surface area contributed by atoms with Crippen LogP contribution >= 0.6 is 0 Å². The van der Waals surface area contributed by atoms with E-state index < -0.39 is 16.1 Å². The van der Waals surface area contributed by atoms with Crippen molar-refractivity contribution in [1.82, 2.24) is 24.8 Å². The summed E-state index contributed by atoms with van der Waals surface area (Å²) in [6.07, 6.45) is 7.96. The molecule has 2 N–H and O–H groups in total. The summed E-state index contributed by atoms with van der Waals surface area (Å²) < 4.78 is 28.7. The van der Waals surface area contributed by atoms with Crippen molar-refractivity contribution in [3.63, 3.8) is 0 Å². The lowest BCUT2D eigenvalue weighted by molar-refractivity contribution is 0.304. The first kappa shape index (κ1) is 24.9. The first-order valence-corrected chi connectivity index (χ1v) is 13.8. The third kappa shape index (κ3) is 7.67. The molecule has 0 unspecified atom stereocenters. The van der Waals surface area contributed by atoms with Crippen molar-refractivity contribution in [2.24, 2.45) is 0 Å². The van der Waals surface area contributed by atoms with Crippen LogP contribution < -0.4 is 4.72 Å². The summed E-state index contributed by atoms with van der Waals surface area (Å²) in [4.78, 5) is 7.01. The van der Waals surface area contributed by atoms with E-state index in [2.05, 4.69) is 45.8 Å². The van der Waals surface area contributed by atoms with Crippen molar-refractivity contribution in [3.8, 4) is 0 Å². The Balaban J connectivity index is 1.68. The van der Waals surface area contributed by atoms with E-state index in [4.69, 9.17) is 4.98 Å². The van der Waals surface area contributed by atoms with Gasteiger partial charge in [0.15, 0.2) is 5.82 Å². The number of hydrogen-bond acceptors (Lipinski definition) is 5. The average Bonchev–Trinajstić information content (AvgIpc) is 3.31. The fourth-order valence-electron chi connectivity index (χ4n) is 4.49. The molecular weight excluding hydrogens is 422 g/mol. The number of hydrogen-bond donors (Lipinski definition) is 2. The van der Waals surface area contributed by atoms with E-state index in [-0.39, 0.29) is 5.75 Å². The van der Waals surface area contributed by atoms with Gasteiger partial charge in [0.25, 0.3) is 0 Å². The summed E-state index contributed by atoms with van der Waals surface area (Å²) in [6.45, 7) is 6.86. The van der Waals surface area contributed by atoms with Gasteiger partial charge in [-0.25, -0.2) is 18.1 Å². The molecule has 1 heterocycles. The average molecular weight is 462 g/mol. The number of aromatic amines is 1. The maximum Gasteiger partial charge on any atom is 0.212 e. The Kier molecular flexibility index (Phi) is 9.69. The molecule has 1 fully saturated rings. The molecular formula is C24H39N5O2S. The third-order valence-electron chi connectivity index (χ3n) is 6.49. The molecule has 1 saturated carbocycles. The van der Waals surface area contributed by atoms with Crippen LogP contribution in [0.5, 0.6) is 0 Å². The van der Waals surface area contributed by atoms with Crippen LogP contribution in [0.4, 0.5) is 0 Å². The number of H-pyrrole nitrogens is 1. The van der Waals surface area contributed by atoms with Gasteiger partial charge in [-0.05, 0) is 57.3 Å². The smallest absolute Gasteiger partial charge is 0.212 e. The first-order chi connectivity index (χ1) is 15.5. The van der Waals surface area contributed by atoms with Crippen molar-refractivity contribution in [3.05, 3.63) is 47.5 Å². The first-order valence-electron chi connectivity index (χ1n) is 12.2. The lowest BCUT2D eigenvalue weighted by Gasteiger charge is -2.20. The molecule has 1 aliphatic carbocycles. The summed E-state index contributed by atoms with van der Waals surface area (Å²) in [5, 5.41) is 7.53. The fraction of sp³-hybridized carbons (Fsp3) is 0.667. The van der Waals surface area contributed by atoms with Crippen LogP contribution in [0, 0.1) is 0 Å². The second-order valence-corrected chi connectivity index (χ2v) is 10.7. The van der Waals surface area contributed by atoms with Gasteiger partial charge >= 0.3 is 0 Å². The van der Waals surface area contributed by atoms with Crippen LogP contribution in [0.25, 0.3) is 0 Å². The summed E-state index contributed by atoms with van der Waals surface area (Å²) in [7, 11) is -3.43. The topological polar surface area (TPSA) is 91.0 Å². The van der Waals surface area contributed by atoms with E-state index in [1.54, 1.807) is 0 Å². The summed E-state index contributed by atoms with van der Waals surface area (Å²) >= 11 is 0. The molecule has 178 valence electrons. The van der Waals surface area contributed by atoms with Gasteiger partial charge in [-0.15, -0.1) is 0 Å². The number of rotatable bonds is 13. The van der Waals surface area contributed by atoms with E-state index in [1.807, 2.05) is 18.2 Å². The van der Waals surface area contributed by atoms with E-state index in [0.717, 1.165) is 44.7 Å². The predicted octanol–water partition coefficient (Wildman–Crippen LogP) is 4.18. The highest BCUT2D eigenvalue weighted by Crippen LogP contribution is 2.31. The maximum absolute atomic E-state index is 12.9. The second-order valence-electron chi connectivity index (χ2n) is 8.81. The highest BCUT2D eigenvalue weighted by molar-refractivity contribution is 7.89. The van der Waals surface area contributed by atoms with Gasteiger partial charge < -0.3 is 4.90 Å². The Morgan fingerprint density at radius 2 is 1.84 bits per heavy atom. The molecule has 0 amide bonds. The van der Waals surface area contributed by atoms with Gasteiger partial charge in [-0.1, -0.05) is 63.4 Å². The lowest BCUT2D eigenvalue weighted by atomic mass is 9.89. The Labute approximate surface area is 193 Å². The number of sulfonamides is 1. The van der Waals surface area contributed by atoms with Crippen molar-refractivity contribution >= 4 is 10.0 Å². The molecule has 3 rings (SSSR count). The fourth-order valence-corrected chi connectivity index (χ4v) is 5.78. The molecule has 32 heavy (non-hydrogen) atoms. The van der Waals surface area contributed by atoms with E-state index in [0.29, 0.717) is 24.6 Å². The molecule has 0 bridgehead atoms. The molecule has 2 aromatic rings. The molecule has 0 spiro atoms. The predicted molar refractivity (Wildman–Crippen MR) is 129 cm³/mol. The number of nitrogens with one attached hydrogen (secondary N) is 2. The van der Waals surface area contributed by atoms with Gasteiger partial charge in [0.05, 0.1) is 11.8 Å². The van der Waals surface area contributed by atoms with E-state index in [1.165, 1.54) is 24.8 Å². The number of aromatic nitrogens is 3.